The third-order valence-corrected chi connectivity index (χ3v) is 3.82. The highest BCUT2D eigenvalue weighted by molar-refractivity contribution is 5.96. The van der Waals surface area contributed by atoms with E-state index >= 15 is 0 Å². The van der Waals surface area contributed by atoms with Gasteiger partial charge in [0.1, 0.15) is 0 Å². The molecule has 0 aliphatic carbocycles. The number of nitrogens with one attached hydrogen (secondary N) is 1. The van der Waals surface area contributed by atoms with Gasteiger partial charge in [-0.2, -0.15) is 0 Å². The number of aromatic nitrogens is 2. The van der Waals surface area contributed by atoms with Crippen LogP contribution >= 0.6 is 0 Å². The van der Waals surface area contributed by atoms with E-state index in [1.165, 1.54) is 7.11 Å². The molecule has 2 aromatic heterocycles. The van der Waals surface area contributed by atoms with Gasteiger partial charge in [-0.25, -0.2) is 4.79 Å². The number of amides is 1. The number of pyridine rings is 2. The molecule has 0 bridgehead atoms. The fourth-order valence-corrected chi connectivity index (χ4v) is 2.42. The molecular weight excluding hydrogens is 330 g/mol. The molecule has 0 saturated heterocycles. The summed E-state index contributed by atoms with van der Waals surface area (Å²) < 4.78 is 4.64. The van der Waals surface area contributed by atoms with Crippen molar-refractivity contribution in [2.75, 3.05) is 7.11 Å². The van der Waals surface area contributed by atoms with E-state index in [0.29, 0.717) is 17.7 Å². The number of rotatable bonds is 5. The molecular formula is C20H17N3O3. The number of ether oxygens (including phenoxy) is 1. The van der Waals surface area contributed by atoms with Gasteiger partial charge in [0.05, 0.1) is 18.4 Å². The van der Waals surface area contributed by atoms with Crippen molar-refractivity contribution in [2.24, 2.45) is 0 Å². The van der Waals surface area contributed by atoms with Gasteiger partial charge in [0.15, 0.2) is 0 Å². The number of benzene rings is 1. The van der Waals surface area contributed by atoms with Crippen LogP contribution in [0.4, 0.5) is 0 Å². The molecule has 1 N–H and O–H groups in total. The number of carbonyl (C=O) groups is 2. The zero-order valence-electron chi connectivity index (χ0n) is 14.2. The molecule has 130 valence electrons. The van der Waals surface area contributed by atoms with E-state index in [1.54, 1.807) is 42.9 Å². The van der Waals surface area contributed by atoms with Crippen molar-refractivity contribution in [2.45, 2.75) is 6.54 Å². The molecule has 0 unspecified atom stereocenters. The number of hydrogen-bond donors (Lipinski definition) is 1. The van der Waals surface area contributed by atoms with Gasteiger partial charge in [-0.3, -0.25) is 14.8 Å². The molecule has 0 aliphatic heterocycles. The monoisotopic (exact) mass is 347 g/mol. The van der Waals surface area contributed by atoms with Gasteiger partial charge in [0.2, 0.25) is 0 Å². The molecule has 0 radical (unpaired) electrons. The van der Waals surface area contributed by atoms with Crippen molar-refractivity contribution in [1.82, 2.24) is 15.3 Å². The summed E-state index contributed by atoms with van der Waals surface area (Å²) in [5, 5.41) is 2.86. The summed E-state index contributed by atoms with van der Waals surface area (Å²) in [7, 11) is 1.32. The van der Waals surface area contributed by atoms with Crippen molar-refractivity contribution >= 4 is 11.9 Å². The SMILES string of the molecule is COC(=O)c1ccc(C(=O)NCc2ccnc(-c3ccncc3)c2)cc1. The van der Waals surface area contributed by atoms with Crippen LogP contribution in [-0.4, -0.2) is 29.0 Å². The Morgan fingerprint density at radius 3 is 2.35 bits per heavy atom. The smallest absolute Gasteiger partial charge is 0.337 e. The topological polar surface area (TPSA) is 81.2 Å². The van der Waals surface area contributed by atoms with Crippen LogP contribution < -0.4 is 5.32 Å². The van der Waals surface area contributed by atoms with E-state index < -0.39 is 5.97 Å². The molecule has 0 saturated carbocycles. The molecule has 3 rings (SSSR count). The second-order valence-corrected chi connectivity index (χ2v) is 5.54. The number of carbonyl (C=O) groups excluding carboxylic acids is 2. The summed E-state index contributed by atoms with van der Waals surface area (Å²) in [6.45, 7) is 0.373. The molecule has 26 heavy (non-hydrogen) atoms. The Labute approximate surface area is 150 Å². The zero-order chi connectivity index (χ0) is 18.4. The number of hydrogen-bond acceptors (Lipinski definition) is 5. The van der Waals surface area contributed by atoms with Crippen LogP contribution in [0.25, 0.3) is 11.3 Å². The summed E-state index contributed by atoms with van der Waals surface area (Å²) in [6.07, 6.45) is 5.13. The normalized spacial score (nSPS) is 10.2. The number of methoxy groups -OCH3 is 1. The van der Waals surface area contributed by atoms with E-state index in [9.17, 15) is 9.59 Å². The van der Waals surface area contributed by atoms with E-state index in [-0.39, 0.29) is 5.91 Å². The molecule has 0 spiro atoms. The van der Waals surface area contributed by atoms with Gasteiger partial charge in [0, 0.05) is 36.3 Å². The highest BCUT2D eigenvalue weighted by Gasteiger charge is 2.09. The molecule has 0 aliphatic rings. The van der Waals surface area contributed by atoms with E-state index in [4.69, 9.17) is 0 Å². The summed E-state index contributed by atoms with van der Waals surface area (Å²) in [5.41, 5.74) is 3.60. The van der Waals surface area contributed by atoms with Crippen LogP contribution in [0.2, 0.25) is 0 Å². The first-order chi connectivity index (χ1) is 12.7. The van der Waals surface area contributed by atoms with E-state index in [2.05, 4.69) is 20.0 Å². The predicted molar refractivity (Wildman–Crippen MR) is 96.4 cm³/mol. The highest BCUT2D eigenvalue weighted by atomic mass is 16.5. The zero-order valence-corrected chi connectivity index (χ0v) is 14.2. The fourth-order valence-electron chi connectivity index (χ4n) is 2.42. The Morgan fingerprint density at radius 1 is 0.962 bits per heavy atom. The summed E-state index contributed by atoms with van der Waals surface area (Å²) in [5.74, 6) is -0.652. The lowest BCUT2D eigenvalue weighted by molar-refractivity contribution is 0.0600. The number of esters is 1. The molecule has 6 heteroatoms. The lowest BCUT2D eigenvalue weighted by atomic mass is 10.1. The summed E-state index contributed by atoms with van der Waals surface area (Å²) in [6, 6.07) is 13.9. The minimum atomic E-state index is -0.433. The lowest BCUT2D eigenvalue weighted by Gasteiger charge is -2.08. The molecule has 1 aromatic carbocycles. The Balaban J connectivity index is 1.65. The van der Waals surface area contributed by atoms with Crippen molar-refractivity contribution < 1.29 is 14.3 Å². The first-order valence-corrected chi connectivity index (χ1v) is 7.99. The maximum atomic E-state index is 12.3. The van der Waals surface area contributed by atoms with E-state index in [0.717, 1.165) is 16.8 Å². The first-order valence-electron chi connectivity index (χ1n) is 7.99. The van der Waals surface area contributed by atoms with Crippen molar-refractivity contribution in [3.63, 3.8) is 0 Å². The van der Waals surface area contributed by atoms with Crippen molar-refractivity contribution in [1.29, 1.82) is 0 Å². The lowest BCUT2D eigenvalue weighted by Crippen LogP contribution is -2.22. The fraction of sp³-hybridized carbons (Fsp3) is 0.100. The maximum absolute atomic E-state index is 12.3. The third-order valence-electron chi connectivity index (χ3n) is 3.82. The molecule has 3 aromatic rings. The first kappa shape index (κ1) is 17.3. The van der Waals surface area contributed by atoms with Gasteiger partial charge < -0.3 is 10.1 Å². The second-order valence-electron chi connectivity index (χ2n) is 5.54. The largest absolute Gasteiger partial charge is 0.465 e. The average Bonchev–Trinajstić information content (AvgIpc) is 2.72. The Hall–Kier alpha value is -3.54. The quantitative estimate of drug-likeness (QED) is 0.718. The van der Waals surface area contributed by atoms with Crippen LogP contribution in [0, 0.1) is 0 Å². The van der Waals surface area contributed by atoms with Crippen LogP contribution in [0.5, 0.6) is 0 Å². The molecule has 6 nitrogen and oxygen atoms in total. The van der Waals surface area contributed by atoms with Crippen LogP contribution in [0.15, 0.2) is 67.1 Å². The average molecular weight is 347 g/mol. The molecule has 1 amide bonds. The summed E-state index contributed by atoms with van der Waals surface area (Å²) >= 11 is 0. The maximum Gasteiger partial charge on any atom is 0.337 e. The predicted octanol–water partition coefficient (Wildman–Crippen LogP) is 2.86. The molecule has 2 heterocycles. The molecule has 0 fully saturated rings. The highest BCUT2D eigenvalue weighted by Crippen LogP contribution is 2.16. The Kier molecular flexibility index (Phi) is 5.34. The van der Waals surface area contributed by atoms with Gasteiger partial charge in [-0.05, 0) is 54.1 Å². The minimum absolute atomic E-state index is 0.219. The van der Waals surface area contributed by atoms with Gasteiger partial charge >= 0.3 is 5.97 Å². The van der Waals surface area contributed by atoms with Gasteiger partial charge in [-0.1, -0.05) is 0 Å². The van der Waals surface area contributed by atoms with Crippen LogP contribution in [0.3, 0.4) is 0 Å². The van der Waals surface area contributed by atoms with Gasteiger partial charge in [0.25, 0.3) is 5.91 Å². The Morgan fingerprint density at radius 2 is 1.65 bits per heavy atom. The van der Waals surface area contributed by atoms with Crippen molar-refractivity contribution in [3.8, 4) is 11.3 Å². The van der Waals surface area contributed by atoms with Crippen LogP contribution in [-0.2, 0) is 11.3 Å². The third kappa shape index (κ3) is 4.10. The number of nitrogens with zero attached hydrogens (tertiary/aromatic N) is 2. The van der Waals surface area contributed by atoms with Crippen LogP contribution in [0.1, 0.15) is 26.3 Å². The summed E-state index contributed by atoms with van der Waals surface area (Å²) in [4.78, 5) is 32.0. The van der Waals surface area contributed by atoms with Crippen molar-refractivity contribution in [3.05, 3.63) is 83.8 Å². The van der Waals surface area contributed by atoms with Gasteiger partial charge in [-0.15, -0.1) is 0 Å². The Bertz CT molecular complexity index is 909. The van der Waals surface area contributed by atoms with E-state index in [1.807, 2.05) is 24.3 Å². The second kappa shape index (κ2) is 8.02. The standard InChI is InChI=1S/C20H17N3O3/c1-26-20(25)17-4-2-16(3-5-17)19(24)23-13-14-6-11-22-18(12-14)15-7-9-21-10-8-15/h2-12H,13H2,1H3,(H,23,24). The molecule has 0 atom stereocenters. The minimum Gasteiger partial charge on any atom is -0.465 e.